The molecule has 0 aliphatic heterocycles. The Labute approximate surface area is 94.0 Å². The minimum Gasteiger partial charge on any atom is -0.358 e. The van der Waals surface area contributed by atoms with Gasteiger partial charge < -0.3 is 10.1 Å². The van der Waals surface area contributed by atoms with Crippen LogP contribution in [0.1, 0.15) is 0 Å². The minimum absolute atomic E-state index is 0.0333. The quantitative estimate of drug-likeness (QED) is 0.617. The van der Waals surface area contributed by atoms with Crippen molar-refractivity contribution in [2.24, 2.45) is 0 Å². The lowest BCUT2D eigenvalue weighted by Gasteiger charge is -1.91. The molecular weight excluding hydrogens is 252 g/mol. The van der Waals surface area contributed by atoms with E-state index >= 15 is 0 Å². The molecule has 5 nitrogen and oxygen atoms in total. The molecule has 0 spiro atoms. The van der Waals surface area contributed by atoms with Gasteiger partial charge in [-0.3, -0.25) is 0 Å². The van der Waals surface area contributed by atoms with Gasteiger partial charge in [-0.05, 0) is 4.92 Å². The first-order valence-electron chi connectivity index (χ1n) is 3.36. The molecule has 0 aromatic carbocycles. The van der Waals surface area contributed by atoms with Gasteiger partial charge in [0.1, 0.15) is 0 Å². The van der Waals surface area contributed by atoms with Gasteiger partial charge in [0, 0.05) is 5.54 Å². The molecule has 1 aromatic heterocycles. The monoisotopic (exact) mass is 255 g/mol. The van der Waals surface area contributed by atoms with E-state index in [1.54, 1.807) is 0 Å². The zero-order valence-corrected chi connectivity index (χ0v) is 8.92. The molecule has 1 rings (SSSR count). The highest BCUT2D eigenvalue weighted by molar-refractivity contribution is 6.36. The van der Waals surface area contributed by atoms with Crippen molar-refractivity contribution >= 4 is 40.6 Å². The van der Waals surface area contributed by atoms with Crippen LogP contribution in [0.15, 0.2) is 16.8 Å². The predicted octanol–water partition coefficient (Wildman–Crippen LogP) is 2.76. The number of nitrogens with zero attached hydrogens (tertiary/aromatic N) is 3. The first-order valence-corrected chi connectivity index (χ1v) is 4.56. The Balaban J connectivity index is 2.92. The summed E-state index contributed by atoms with van der Waals surface area (Å²) >= 11 is 16.5. The number of halogens is 3. The molecule has 0 saturated carbocycles. The first-order chi connectivity index (χ1) is 6.54. The standard InChI is InChI=1S/C6H4Cl3N3O2/c7-1-4(8)2-11-3-5(9)6(10-11)12(13)14/h1,3H,2H2. The molecule has 8 heteroatoms. The summed E-state index contributed by atoms with van der Waals surface area (Å²) in [6.07, 6.45) is 1.31. The third-order valence-electron chi connectivity index (χ3n) is 1.30. The van der Waals surface area contributed by atoms with Crippen LogP contribution in [0.3, 0.4) is 0 Å². The van der Waals surface area contributed by atoms with Gasteiger partial charge in [-0.15, -0.1) is 0 Å². The molecule has 0 fully saturated rings. The zero-order chi connectivity index (χ0) is 10.7. The average molecular weight is 256 g/mol. The second-order valence-corrected chi connectivity index (χ2v) is 3.42. The maximum Gasteiger partial charge on any atom is 0.408 e. The Morgan fingerprint density at radius 2 is 2.43 bits per heavy atom. The van der Waals surface area contributed by atoms with Crippen molar-refractivity contribution in [2.75, 3.05) is 0 Å². The summed E-state index contributed by atoms with van der Waals surface area (Å²) in [6, 6.07) is 0. The van der Waals surface area contributed by atoms with E-state index in [0.717, 1.165) is 5.54 Å². The summed E-state index contributed by atoms with van der Waals surface area (Å²) in [7, 11) is 0. The van der Waals surface area contributed by atoms with E-state index in [2.05, 4.69) is 5.10 Å². The molecule has 14 heavy (non-hydrogen) atoms. The van der Waals surface area contributed by atoms with Gasteiger partial charge in [-0.25, -0.2) is 0 Å². The largest absolute Gasteiger partial charge is 0.408 e. The van der Waals surface area contributed by atoms with Gasteiger partial charge in [0.2, 0.25) is 0 Å². The predicted molar refractivity (Wildman–Crippen MR) is 53.7 cm³/mol. The van der Waals surface area contributed by atoms with Crippen molar-refractivity contribution in [3.05, 3.63) is 31.9 Å². The number of allylic oxidation sites excluding steroid dienone is 1. The van der Waals surface area contributed by atoms with Crippen LogP contribution in [0.4, 0.5) is 5.82 Å². The second kappa shape index (κ2) is 4.63. The molecule has 0 aliphatic carbocycles. The van der Waals surface area contributed by atoms with Gasteiger partial charge in [0.25, 0.3) is 0 Å². The van der Waals surface area contributed by atoms with Crippen LogP contribution >= 0.6 is 34.8 Å². The van der Waals surface area contributed by atoms with Gasteiger partial charge in [0.05, 0.1) is 22.9 Å². The molecule has 76 valence electrons. The fourth-order valence-corrected chi connectivity index (χ4v) is 1.19. The van der Waals surface area contributed by atoms with E-state index in [0.29, 0.717) is 5.03 Å². The van der Waals surface area contributed by atoms with Crippen molar-refractivity contribution in [2.45, 2.75) is 6.54 Å². The van der Waals surface area contributed by atoms with Crippen LogP contribution in [0.5, 0.6) is 0 Å². The van der Waals surface area contributed by atoms with Crippen molar-refractivity contribution in [1.29, 1.82) is 0 Å². The maximum atomic E-state index is 10.4. The van der Waals surface area contributed by atoms with E-state index in [1.807, 2.05) is 0 Å². The van der Waals surface area contributed by atoms with E-state index < -0.39 is 10.7 Å². The molecule has 0 aliphatic rings. The Morgan fingerprint density at radius 3 is 2.86 bits per heavy atom. The summed E-state index contributed by atoms with van der Waals surface area (Å²) in [6.45, 7) is 0.151. The van der Waals surface area contributed by atoms with E-state index in [-0.39, 0.29) is 11.6 Å². The average Bonchev–Trinajstić information content (AvgIpc) is 2.46. The minimum atomic E-state index is -0.669. The summed E-state index contributed by atoms with van der Waals surface area (Å²) < 4.78 is 1.24. The molecule has 0 amide bonds. The van der Waals surface area contributed by atoms with Crippen LogP contribution < -0.4 is 0 Å². The van der Waals surface area contributed by atoms with Gasteiger partial charge in [-0.2, -0.15) is 4.68 Å². The fraction of sp³-hybridized carbons (Fsp3) is 0.167. The van der Waals surface area contributed by atoms with Crippen LogP contribution in [0.2, 0.25) is 5.02 Å². The number of aromatic nitrogens is 2. The van der Waals surface area contributed by atoms with Crippen LogP contribution in [-0.2, 0) is 6.54 Å². The van der Waals surface area contributed by atoms with E-state index in [9.17, 15) is 10.1 Å². The highest BCUT2D eigenvalue weighted by Gasteiger charge is 2.18. The smallest absolute Gasteiger partial charge is 0.358 e. The molecule has 0 radical (unpaired) electrons. The van der Waals surface area contributed by atoms with Gasteiger partial charge in [0.15, 0.2) is 5.02 Å². The number of rotatable bonds is 3. The molecule has 0 unspecified atom stereocenters. The summed E-state index contributed by atoms with van der Waals surface area (Å²) in [5.41, 5.74) is 1.16. The van der Waals surface area contributed by atoms with Crippen molar-refractivity contribution in [3.8, 4) is 0 Å². The lowest BCUT2D eigenvalue weighted by Crippen LogP contribution is -1.99. The molecular formula is C6H4Cl3N3O2. The normalized spacial score (nSPS) is 11.8. The Morgan fingerprint density at radius 1 is 1.79 bits per heavy atom. The van der Waals surface area contributed by atoms with Crippen LogP contribution in [0.25, 0.3) is 0 Å². The maximum absolute atomic E-state index is 10.4. The SMILES string of the molecule is O=[N+]([O-])c1nn(CC(Cl)=CCl)cc1Cl. The lowest BCUT2D eigenvalue weighted by atomic mass is 10.6. The molecule has 0 N–H and O–H groups in total. The summed E-state index contributed by atoms with van der Waals surface area (Å²) in [5.74, 6) is -0.397. The number of nitro groups is 1. The molecule has 0 atom stereocenters. The zero-order valence-electron chi connectivity index (χ0n) is 6.65. The van der Waals surface area contributed by atoms with Gasteiger partial charge >= 0.3 is 5.82 Å². The third-order valence-corrected chi connectivity index (χ3v) is 2.17. The van der Waals surface area contributed by atoms with Crippen molar-refractivity contribution < 1.29 is 4.92 Å². The lowest BCUT2D eigenvalue weighted by molar-refractivity contribution is -0.389. The van der Waals surface area contributed by atoms with Crippen molar-refractivity contribution in [1.82, 2.24) is 9.78 Å². The number of hydrogen-bond acceptors (Lipinski definition) is 3. The molecule has 0 bridgehead atoms. The fourth-order valence-electron chi connectivity index (χ4n) is 0.781. The second-order valence-electron chi connectivity index (χ2n) is 2.31. The molecule has 1 aromatic rings. The van der Waals surface area contributed by atoms with Crippen LogP contribution in [0, 0.1) is 10.1 Å². The first kappa shape index (κ1) is 11.3. The highest BCUT2D eigenvalue weighted by atomic mass is 35.5. The van der Waals surface area contributed by atoms with Crippen molar-refractivity contribution in [3.63, 3.8) is 0 Å². The Hall–Kier alpha value is -0.780. The summed E-state index contributed by atoms with van der Waals surface area (Å²) in [5, 5.41) is 14.2. The van der Waals surface area contributed by atoms with Gasteiger partial charge in [-0.1, -0.05) is 34.8 Å². The summed E-state index contributed by atoms with van der Waals surface area (Å²) in [4.78, 5) is 9.69. The van der Waals surface area contributed by atoms with E-state index in [4.69, 9.17) is 34.8 Å². The topological polar surface area (TPSA) is 61.0 Å². The Bertz CT molecular complexity index is 388. The van der Waals surface area contributed by atoms with Crippen LogP contribution in [-0.4, -0.2) is 14.7 Å². The third kappa shape index (κ3) is 2.60. The van der Waals surface area contributed by atoms with E-state index in [1.165, 1.54) is 10.9 Å². The number of hydrogen-bond donors (Lipinski definition) is 0. The highest BCUT2D eigenvalue weighted by Crippen LogP contribution is 2.22. The molecule has 1 heterocycles. The Kier molecular flexibility index (Phi) is 3.74. The molecule has 0 saturated heterocycles.